The fraction of sp³-hybridized carbons (Fsp3) is 0.842. The Bertz CT molecular complexity index is 527. The van der Waals surface area contributed by atoms with Crippen molar-refractivity contribution in [1.29, 1.82) is 0 Å². The highest BCUT2D eigenvalue weighted by Crippen LogP contribution is 2.28. The lowest BCUT2D eigenvalue weighted by atomic mass is 9.92. The largest absolute Gasteiger partial charge is 0.444 e. The lowest BCUT2D eigenvalue weighted by Gasteiger charge is -2.47. The molecular weight excluding hydrogens is 336 g/mol. The Morgan fingerprint density at radius 3 is 2.27 bits per heavy atom. The molecule has 2 fully saturated rings. The zero-order valence-electron chi connectivity index (χ0n) is 16.6. The molecule has 2 saturated heterocycles. The summed E-state index contributed by atoms with van der Waals surface area (Å²) in [4.78, 5) is 41.3. The second kappa shape index (κ2) is 8.37. The number of carbonyl (C=O) groups is 3. The molecule has 2 heterocycles. The van der Waals surface area contributed by atoms with Crippen molar-refractivity contribution in [2.75, 3.05) is 19.8 Å². The normalized spacial score (nSPS) is 24.2. The number of fused-ring (bicyclic) bond motifs is 2. The van der Waals surface area contributed by atoms with Crippen LogP contribution < -0.4 is 0 Å². The summed E-state index contributed by atoms with van der Waals surface area (Å²) in [5.41, 5.74) is -0.619. The molecule has 0 radical (unpaired) electrons. The van der Waals surface area contributed by atoms with Crippen LogP contribution in [0.25, 0.3) is 0 Å². The third kappa shape index (κ3) is 4.75. The fourth-order valence-electron chi connectivity index (χ4n) is 3.72. The summed E-state index contributed by atoms with van der Waals surface area (Å²) in [6, 6.07) is -1.03. The number of carbonyl (C=O) groups excluding carboxylic acids is 3. The maximum absolute atomic E-state index is 13.3. The first kappa shape index (κ1) is 20.7. The van der Waals surface area contributed by atoms with Crippen molar-refractivity contribution >= 4 is 17.8 Å². The summed E-state index contributed by atoms with van der Waals surface area (Å²) in [6.07, 6.45) is 1.44. The van der Waals surface area contributed by atoms with E-state index < -0.39 is 17.7 Å². The van der Waals surface area contributed by atoms with Crippen LogP contribution in [-0.2, 0) is 19.1 Å². The Morgan fingerprint density at radius 1 is 1.23 bits per heavy atom. The van der Waals surface area contributed by atoms with Crippen molar-refractivity contribution in [2.45, 2.75) is 84.0 Å². The molecular formula is C19H32N2O5. The summed E-state index contributed by atoms with van der Waals surface area (Å²) < 4.78 is 11.1. The molecule has 0 saturated carbocycles. The van der Waals surface area contributed by atoms with E-state index in [9.17, 15) is 14.4 Å². The monoisotopic (exact) mass is 368 g/mol. The quantitative estimate of drug-likeness (QED) is 0.745. The average molecular weight is 368 g/mol. The lowest BCUT2D eigenvalue weighted by molar-refractivity contribution is -0.159. The Labute approximate surface area is 156 Å². The molecule has 0 aromatic rings. The Hall–Kier alpha value is -1.63. The first-order valence-corrected chi connectivity index (χ1v) is 9.59. The number of ether oxygens (including phenoxy) is 2. The maximum Gasteiger partial charge on any atom is 0.410 e. The van der Waals surface area contributed by atoms with Crippen molar-refractivity contribution in [3.63, 3.8) is 0 Å². The molecule has 2 aliphatic rings. The molecule has 0 spiro atoms. The van der Waals surface area contributed by atoms with E-state index in [-0.39, 0.29) is 23.8 Å². The molecule has 0 aromatic heterocycles. The van der Waals surface area contributed by atoms with E-state index in [1.54, 1.807) is 9.80 Å². The molecule has 2 rings (SSSR count). The fourth-order valence-corrected chi connectivity index (χ4v) is 3.72. The van der Waals surface area contributed by atoms with E-state index in [0.717, 1.165) is 6.42 Å². The predicted molar refractivity (Wildman–Crippen MR) is 96.8 cm³/mol. The topological polar surface area (TPSA) is 76.2 Å². The van der Waals surface area contributed by atoms with Gasteiger partial charge >= 0.3 is 6.09 Å². The zero-order valence-corrected chi connectivity index (χ0v) is 16.6. The zero-order chi connectivity index (χ0) is 19.5. The second-order valence-corrected chi connectivity index (χ2v) is 8.14. The second-order valence-electron chi connectivity index (χ2n) is 8.14. The summed E-state index contributed by atoms with van der Waals surface area (Å²) in [6.45, 7) is 10.5. The third-order valence-corrected chi connectivity index (χ3v) is 4.73. The molecule has 0 aliphatic carbocycles. The van der Waals surface area contributed by atoms with Gasteiger partial charge in [0.2, 0.25) is 5.91 Å². The van der Waals surface area contributed by atoms with Gasteiger partial charge in [-0.1, -0.05) is 13.8 Å². The van der Waals surface area contributed by atoms with Crippen LogP contribution >= 0.6 is 0 Å². The van der Waals surface area contributed by atoms with E-state index in [1.165, 1.54) is 0 Å². The van der Waals surface area contributed by atoms with Gasteiger partial charge in [-0.3, -0.25) is 14.5 Å². The van der Waals surface area contributed by atoms with Crippen LogP contribution in [0.15, 0.2) is 0 Å². The standard InChI is InChI=1S/C19H32N2O5/c1-6-8-20(18(24)26-19(3,4)5)16(7-2)17(23)21-13-9-15(22)10-14(21)12-25-11-13/h13-14,16H,6-12H2,1-5H3/t13-,14+,16-/m1/s1. The number of rotatable bonds is 5. The summed E-state index contributed by atoms with van der Waals surface area (Å²) >= 11 is 0. The van der Waals surface area contributed by atoms with Crippen molar-refractivity contribution in [2.24, 2.45) is 0 Å². The van der Waals surface area contributed by atoms with Gasteiger partial charge in [0.05, 0.1) is 25.3 Å². The number of ketones is 1. The minimum Gasteiger partial charge on any atom is -0.444 e. The highest BCUT2D eigenvalue weighted by molar-refractivity contribution is 5.89. The predicted octanol–water partition coefficient (Wildman–Crippen LogP) is 2.37. The van der Waals surface area contributed by atoms with Gasteiger partial charge in [-0.05, 0) is 33.6 Å². The molecule has 7 heteroatoms. The molecule has 0 aromatic carbocycles. The van der Waals surface area contributed by atoms with Crippen LogP contribution in [0.4, 0.5) is 4.79 Å². The maximum atomic E-state index is 13.3. The molecule has 7 nitrogen and oxygen atoms in total. The number of nitrogens with zero attached hydrogens (tertiary/aromatic N) is 2. The summed E-state index contributed by atoms with van der Waals surface area (Å²) in [7, 11) is 0. The minimum atomic E-state index is -0.619. The van der Waals surface area contributed by atoms with Crippen LogP contribution in [0.1, 0.15) is 60.3 Å². The van der Waals surface area contributed by atoms with Gasteiger partial charge in [0.15, 0.2) is 0 Å². The highest BCUT2D eigenvalue weighted by Gasteiger charge is 2.44. The van der Waals surface area contributed by atoms with Crippen LogP contribution in [0.2, 0.25) is 0 Å². The molecule has 0 N–H and O–H groups in total. The smallest absolute Gasteiger partial charge is 0.410 e. The number of piperidine rings is 1. The first-order chi connectivity index (χ1) is 12.2. The van der Waals surface area contributed by atoms with Gasteiger partial charge in [0.1, 0.15) is 17.4 Å². The van der Waals surface area contributed by atoms with Crippen LogP contribution in [0.5, 0.6) is 0 Å². The van der Waals surface area contributed by atoms with Crippen molar-refractivity contribution in [3.8, 4) is 0 Å². The third-order valence-electron chi connectivity index (χ3n) is 4.73. The molecule has 2 bridgehead atoms. The average Bonchev–Trinajstić information content (AvgIpc) is 2.52. The number of amides is 2. The molecule has 26 heavy (non-hydrogen) atoms. The molecule has 0 unspecified atom stereocenters. The van der Waals surface area contributed by atoms with Crippen molar-refractivity contribution < 1.29 is 23.9 Å². The molecule has 148 valence electrons. The van der Waals surface area contributed by atoms with Crippen LogP contribution in [-0.4, -0.2) is 71.1 Å². The Morgan fingerprint density at radius 2 is 1.81 bits per heavy atom. The van der Waals surface area contributed by atoms with E-state index in [0.29, 0.717) is 39.0 Å². The number of Topliss-reactive ketones (excluding diaryl/α,β-unsaturated/α-hetero) is 1. The van der Waals surface area contributed by atoms with Gasteiger partial charge in [0.25, 0.3) is 0 Å². The Kier molecular flexibility index (Phi) is 6.66. The van der Waals surface area contributed by atoms with E-state index in [1.807, 2.05) is 34.6 Å². The minimum absolute atomic E-state index is 0.0994. The number of morpholine rings is 1. The van der Waals surface area contributed by atoms with Gasteiger partial charge in [0, 0.05) is 19.4 Å². The molecule has 2 aliphatic heterocycles. The van der Waals surface area contributed by atoms with Crippen LogP contribution in [0.3, 0.4) is 0 Å². The van der Waals surface area contributed by atoms with Gasteiger partial charge in [-0.2, -0.15) is 0 Å². The summed E-state index contributed by atoms with van der Waals surface area (Å²) in [5.74, 6) is 0.0792. The van der Waals surface area contributed by atoms with Crippen molar-refractivity contribution in [1.82, 2.24) is 9.80 Å². The molecule has 3 atom stereocenters. The first-order valence-electron chi connectivity index (χ1n) is 9.59. The number of hydrogen-bond acceptors (Lipinski definition) is 5. The SMILES string of the molecule is CCCN(C(=O)OC(C)(C)C)[C@H](CC)C(=O)N1[C@@H]2COC[C@H]1CC(=O)C2. The number of hydrogen-bond donors (Lipinski definition) is 0. The molecule has 2 amide bonds. The van der Waals surface area contributed by atoms with E-state index in [2.05, 4.69) is 0 Å². The van der Waals surface area contributed by atoms with Crippen LogP contribution in [0, 0.1) is 0 Å². The van der Waals surface area contributed by atoms with E-state index in [4.69, 9.17) is 9.47 Å². The van der Waals surface area contributed by atoms with Crippen molar-refractivity contribution in [3.05, 3.63) is 0 Å². The summed E-state index contributed by atoms with van der Waals surface area (Å²) in [5, 5.41) is 0. The lowest BCUT2D eigenvalue weighted by Crippen LogP contribution is -2.63. The highest BCUT2D eigenvalue weighted by atomic mass is 16.6. The Balaban J connectivity index is 2.21. The van der Waals surface area contributed by atoms with E-state index >= 15 is 0 Å². The van der Waals surface area contributed by atoms with Gasteiger partial charge < -0.3 is 14.4 Å². The van der Waals surface area contributed by atoms with Gasteiger partial charge in [-0.25, -0.2) is 4.79 Å². The van der Waals surface area contributed by atoms with Gasteiger partial charge in [-0.15, -0.1) is 0 Å².